The van der Waals surface area contributed by atoms with E-state index in [1.807, 2.05) is 13.8 Å². The lowest BCUT2D eigenvalue weighted by atomic mass is 9.83. The van der Waals surface area contributed by atoms with Gasteiger partial charge in [-0.3, -0.25) is 28.8 Å². The van der Waals surface area contributed by atoms with Gasteiger partial charge in [0.1, 0.15) is 23.7 Å². The standard InChI is InChI=1S/C39H56F2N6O8/c1-38(2,3)55-37(54)45-30(23-16-12-9-13-17-23)36(53)47-21-24-28(39(24,4)5)31(47)33(50)43-25(18-19-26(40)41)32(49)34(51)42-20-27(48)44-29(35(52)46(6)7)22-14-10-8-11-15-22/h8,10-11,14-15,23-26,28-31H,9,12-13,16-21H2,1-7H3,(H,42,51)(H,43,50)(H,44,48)(H,45,54)/t24-,25-,28-,29-,30-,31-/m0/s1. The number of carbonyl (C=O) groups excluding carboxylic acids is 7. The third-order valence-corrected chi connectivity index (χ3v) is 10.9. The molecule has 6 atom stereocenters. The number of ketones is 1. The van der Waals surface area contributed by atoms with Crippen molar-refractivity contribution in [2.75, 3.05) is 27.2 Å². The van der Waals surface area contributed by atoms with Crippen LogP contribution >= 0.6 is 0 Å². The molecule has 304 valence electrons. The zero-order valence-corrected chi connectivity index (χ0v) is 32.8. The highest BCUT2D eigenvalue weighted by Gasteiger charge is 2.69. The number of Topliss-reactive ketones (excluding diaryl/α,β-unsaturated/α-hetero) is 1. The lowest BCUT2D eigenvalue weighted by molar-refractivity contribution is -0.145. The predicted octanol–water partition coefficient (Wildman–Crippen LogP) is 3.10. The fourth-order valence-corrected chi connectivity index (χ4v) is 7.90. The average molecular weight is 775 g/mol. The van der Waals surface area contributed by atoms with Crippen molar-refractivity contribution in [3.63, 3.8) is 0 Å². The average Bonchev–Trinajstić information content (AvgIpc) is 3.42. The molecular formula is C39H56F2N6O8. The Morgan fingerprint density at radius 2 is 1.56 bits per heavy atom. The Morgan fingerprint density at radius 1 is 0.927 bits per heavy atom. The zero-order chi connectivity index (χ0) is 40.8. The smallest absolute Gasteiger partial charge is 0.408 e. The van der Waals surface area contributed by atoms with Crippen LogP contribution in [-0.4, -0.2) is 109 Å². The number of nitrogens with zero attached hydrogens (tertiary/aromatic N) is 2. The van der Waals surface area contributed by atoms with Crippen molar-refractivity contribution in [1.82, 2.24) is 31.1 Å². The van der Waals surface area contributed by atoms with Crippen molar-refractivity contribution >= 4 is 41.4 Å². The maximum Gasteiger partial charge on any atom is 0.408 e. The summed E-state index contributed by atoms with van der Waals surface area (Å²) in [4.78, 5) is 96.3. The SMILES string of the molecule is CN(C)C(=O)[C@@H](NC(=O)CNC(=O)C(=O)[C@H](CCC(F)F)NC(=O)[C@@H]1[C@@H]2[C@H](CN1C(=O)[C@@H](NC(=O)OC(C)(C)C)C1CCCCC1)C2(C)C)c1ccccc1. The van der Waals surface area contributed by atoms with Crippen molar-refractivity contribution in [2.45, 2.75) is 116 Å². The number of likely N-dealkylation sites (tertiary alicyclic amines) is 1. The Bertz CT molecular complexity index is 1590. The fourth-order valence-electron chi connectivity index (χ4n) is 7.90. The van der Waals surface area contributed by atoms with Crippen LogP contribution in [0.15, 0.2) is 30.3 Å². The van der Waals surface area contributed by atoms with Gasteiger partial charge in [-0.1, -0.05) is 63.4 Å². The number of piperidine rings is 1. The Morgan fingerprint density at radius 3 is 2.15 bits per heavy atom. The van der Waals surface area contributed by atoms with Crippen LogP contribution < -0.4 is 21.3 Å². The maximum atomic E-state index is 14.4. The second kappa shape index (κ2) is 17.9. The first-order valence-electron chi connectivity index (χ1n) is 19.0. The van der Waals surface area contributed by atoms with Crippen LogP contribution in [0, 0.1) is 23.2 Å². The van der Waals surface area contributed by atoms with E-state index in [9.17, 15) is 42.3 Å². The van der Waals surface area contributed by atoms with Gasteiger partial charge in [-0.15, -0.1) is 0 Å². The minimum atomic E-state index is -2.85. The molecule has 1 aromatic rings. The Kier molecular flexibility index (Phi) is 14.0. The van der Waals surface area contributed by atoms with Crippen LogP contribution in [0.4, 0.5) is 13.6 Å². The van der Waals surface area contributed by atoms with Crippen LogP contribution in [0.25, 0.3) is 0 Å². The monoisotopic (exact) mass is 774 g/mol. The van der Waals surface area contributed by atoms with Gasteiger partial charge in [-0.25, -0.2) is 13.6 Å². The molecule has 14 nitrogen and oxygen atoms in total. The summed E-state index contributed by atoms with van der Waals surface area (Å²) in [5, 5.41) is 9.98. The summed E-state index contributed by atoms with van der Waals surface area (Å²) < 4.78 is 32.4. The van der Waals surface area contributed by atoms with E-state index >= 15 is 0 Å². The molecule has 0 unspecified atom stereocenters. The van der Waals surface area contributed by atoms with E-state index < -0.39 is 97.0 Å². The minimum absolute atomic E-state index is 0.0724. The fraction of sp³-hybridized carbons (Fsp3) is 0.667. The molecule has 0 bridgehead atoms. The third kappa shape index (κ3) is 11.0. The molecule has 55 heavy (non-hydrogen) atoms. The topological polar surface area (TPSA) is 183 Å². The third-order valence-electron chi connectivity index (χ3n) is 10.9. The predicted molar refractivity (Wildman–Crippen MR) is 197 cm³/mol. The Hall–Kier alpha value is -4.63. The first kappa shape index (κ1) is 43.1. The Labute approximate surface area is 321 Å². The summed E-state index contributed by atoms with van der Waals surface area (Å²) >= 11 is 0. The van der Waals surface area contributed by atoms with Gasteiger partial charge in [0.25, 0.3) is 5.91 Å². The molecule has 1 aliphatic heterocycles. The lowest BCUT2D eigenvalue weighted by Gasteiger charge is -2.37. The molecule has 16 heteroatoms. The molecule has 4 N–H and O–H groups in total. The van der Waals surface area contributed by atoms with E-state index in [2.05, 4.69) is 21.3 Å². The molecule has 0 spiro atoms. The minimum Gasteiger partial charge on any atom is -0.444 e. The molecule has 2 aliphatic carbocycles. The molecule has 0 radical (unpaired) electrons. The molecule has 3 aliphatic rings. The van der Waals surface area contributed by atoms with Gasteiger partial charge in [-0.05, 0) is 68.8 Å². The number of benzene rings is 1. The van der Waals surface area contributed by atoms with Crippen LogP contribution in [0.3, 0.4) is 0 Å². The number of carbonyl (C=O) groups is 7. The van der Waals surface area contributed by atoms with Crippen LogP contribution in [0.2, 0.25) is 0 Å². The zero-order valence-electron chi connectivity index (χ0n) is 32.8. The summed E-state index contributed by atoms with van der Waals surface area (Å²) in [6, 6.07) is 3.54. The van der Waals surface area contributed by atoms with Crippen molar-refractivity contribution in [2.24, 2.45) is 23.2 Å². The summed E-state index contributed by atoms with van der Waals surface area (Å²) in [6.45, 7) is 8.51. The molecule has 2 saturated carbocycles. The molecule has 4 rings (SSSR count). The molecule has 1 heterocycles. The molecule has 3 fully saturated rings. The number of hydrogen-bond donors (Lipinski definition) is 4. The number of likely N-dealkylation sites (N-methyl/N-ethyl adjacent to an activating group) is 1. The summed E-state index contributed by atoms with van der Waals surface area (Å²) in [5.74, 6) is -5.64. The number of halogens is 2. The van der Waals surface area contributed by atoms with Gasteiger partial charge in [0, 0.05) is 27.1 Å². The quantitative estimate of drug-likeness (QED) is 0.196. The van der Waals surface area contributed by atoms with Crippen molar-refractivity contribution < 1.29 is 47.1 Å². The largest absolute Gasteiger partial charge is 0.444 e. The molecule has 0 aromatic heterocycles. The molecule has 1 aromatic carbocycles. The molecule has 6 amide bonds. The van der Waals surface area contributed by atoms with Gasteiger partial charge in [0.05, 0.1) is 12.6 Å². The summed E-state index contributed by atoms with van der Waals surface area (Å²) in [5.41, 5.74) is -0.688. The second-order valence-corrected chi connectivity index (χ2v) is 16.6. The number of ether oxygens (including phenoxy) is 1. The Balaban J connectivity index is 1.49. The molecular weight excluding hydrogens is 718 g/mol. The van der Waals surface area contributed by atoms with E-state index in [1.54, 1.807) is 51.1 Å². The first-order valence-corrected chi connectivity index (χ1v) is 19.0. The highest BCUT2D eigenvalue weighted by atomic mass is 19.3. The normalized spacial score (nSPS) is 22.0. The summed E-state index contributed by atoms with van der Waals surface area (Å²) in [6.07, 6.45) is -0.915. The van der Waals surface area contributed by atoms with E-state index in [0.29, 0.717) is 18.4 Å². The van der Waals surface area contributed by atoms with Gasteiger partial charge < -0.3 is 35.8 Å². The van der Waals surface area contributed by atoms with E-state index in [4.69, 9.17) is 4.74 Å². The van der Waals surface area contributed by atoms with Crippen molar-refractivity contribution in [3.8, 4) is 0 Å². The number of alkyl halides is 2. The van der Waals surface area contributed by atoms with Crippen LogP contribution in [-0.2, 0) is 33.5 Å². The maximum absolute atomic E-state index is 14.4. The number of nitrogens with one attached hydrogen (secondary N) is 4. The van der Waals surface area contributed by atoms with E-state index in [-0.39, 0.29) is 29.7 Å². The first-order chi connectivity index (χ1) is 25.7. The number of hydrogen-bond acceptors (Lipinski definition) is 8. The second-order valence-electron chi connectivity index (χ2n) is 16.6. The van der Waals surface area contributed by atoms with E-state index in [0.717, 1.165) is 19.3 Å². The van der Waals surface area contributed by atoms with Gasteiger partial charge >= 0.3 is 6.09 Å². The van der Waals surface area contributed by atoms with Gasteiger partial charge in [-0.2, -0.15) is 0 Å². The van der Waals surface area contributed by atoms with Crippen LogP contribution in [0.1, 0.15) is 91.2 Å². The van der Waals surface area contributed by atoms with Crippen molar-refractivity contribution in [3.05, 3.63) is 35.9 Å². The van der Waals surface area contributed by atoms with Gasteiger partial charge in [0.2, 0.25) is 35.8 Å². The van der Waals surface area contributed by atoms with Crippen LogP contribution in [0.5, 0.6) is 0 Å². The highest BCUT2D eigenvalue weighted by molar-refractivity contribution is 6.38. The number of fused-ring (bicyclic) bond motifs is 1. The van der Waals surface area contributed by atoms with E-state index in [1.165, 1.54) is 23.9 Å². The highest BCUT2D eigenvalue weighted by Crippen LogP contribution is 2.65. The van der Waals surface area contributed by atoms with Crippen molar-refractivity contribution in [1.29, 1.82) is 0 Å². The number of rotatable bonds is 15. The molecule has 1 saturated heterocycles. The van der Waals surface area contributed by atoms with Gasteiger partial charge in [0.15, 0.2) is 0 Å². The lowest BCUT2D eigenvalue weighted by Crippen LogP contribution is -2.60. The summed E-state index contributed by atoms with van der Waals surface area (Å²) in [7, 11) is 3.03. The number of amides is 6. The number of alkyl carbamates (subject to hydrolysis) is 1.